The van der Waals surface area contributed by atoms with E-state index in [1.54, 1.807) is 38.1 Å². The van der Waals surface area contributed by atoms with Crippen LogP contribution in [0.25, 0.3) is 0 Å². The average molecular weight is 435 g/mol. The molecule has 4 amide bonds. The third-order valence-electron chi connectivity index (χ3n) is 4.29. The minimum Gasteiger partial charge on any atom is -0.461 e. The normalized spacial score (nSPS) is 11.7. The minimum absolute atomic E-state index is 0.159. The zero-order valence-electron chi connectivity index (χ0n) is 18.7. The van der Waals surface area contributed by atoms with Crippen LogP contribution in [-0.4, -0.2) is 36.4 Å². The monoisotopic (exact) mass is 434 g/mol. The highest BCUT2D eigenvalue weighted by molar-refractivity contribution is 5.97. The quantitative estimate of drug-likeness (QED) is 0.295. The summed E-state index contributed by atoms with van der Waals surface area (Å²) in [5.74, 6) is -0.865. The lowest BCUT2D eigenvalue weighted by Gasteiger charge is -2.19. The second-order valence-electron chi connectivity index (χ2n) is 8.10. The summed E-state index contributed by atoms with van der Waals surface area (Å²) in [6, 6.07) is 5.55. The van der Waals surface area contributed by atoms with Crippen molar-refractivity contribution in [3.8, 4) is 0 Å². The van der Waals surface area contributed by atoms with E-state index < -0.39 is 12.1 Å². The van der Waals surface area contributed by atoms with Crippen molar-refractivity contribution in [2.45, 2.75) is 59.6 Å². The minimum atomic E-state index is -0.743. The topological polar surface area (TPSA) is 140 Å². The highest BCUT2D eigenvalue weighted by atomic mass is 16.5. The smallest absolute Gasteiger partial charge is 0.312 e. The fraction of sp³-hybridized carbons (Fsp3) is 0.545. The molecule has 0 saturated heterocycles. The van der Waals surface area contributed by atoms with Crippen molar-refractivity contribution >= 4 is 29.5 Å². The van der Waals surface area contributed by atoms with Crippen LogP contribution in [-0.2, 0) is 25.7 Å². The molecule has 172 valence electrons. The molecule has 9 nitrogen and oxygen atoms in total. The Bertz CT molecular complexity index is 747. The third kappa shape index (κ3) is 11.0. The van der Waals surface area contributed by atoms with Crippen molar-refractivity contribution in [3.05, 3.63) is 29.8 Å². The zero-order valence-corrected chi connectivity index (χ0v) is 18.7. The second-order valence-corrected chi connectivity index (χ2v) is 8.10. The summed E-state index contributed by atoms with van der Waals surface area (Å²) in [5, 5.41) is 8.01. The Morgan fingerprint density at radius 2 is 1.68 bits per heavy atom. The van der Waals surface area contributed by atoms with Crippen LogP contribution in [0.3, 0.4) is 0 Å². The van der Waals surface area contributed by atoms with Gasteiger partial charge in [0, 0.05) is 18.7 Å². The maximum Gasteiger partial charge on any atom is 0.312 e. The molecule has 0 bridgehead atoms. The van der Waals surface area contributed by atoms with E-state index in [-0.39, 0.29) is 36.2 Å². The van der Waals surface area contributed by atoms with Crippen molar-refractivity contribution < 1.29 is 23.9 Å². The fourth-order valence-corrected chi connectivity index (χ4v) is 2.65. The first-order valence-corrected chi connectivity index (χ1v) is 10.5. The Balaban J connectivity index is 2.69. The van der Waals surface area contributed by atoms with E-state index in [1.807, 2.05) is 13.8 Å². The van der Waals surface area contributed by atoms with Gasteiger partial charge in [0.05, 0.1) is 5.92 Å². The Hall–Kier alpha value is -3.10. The number of nitrogens with one attached hydrogen (secondary N) is 3. The summed E-state index contributed by atoms with van der Waals surface area (Å²) < 4.78 is 5.18. The van der Waals surface area contributed by atoms with E-state index >= 15 is 0 Å². The first kappa shape index (κ1) is 25.9. The van der Waals surface area contributed by atoms with E-state index in [2.05, 4.69) is 16.0 Å². The van der Waals surface area contributed by atoms with Gasteiger partial charge in [0.2, 0.25) is 11.8 Å². The lowest BCUT2D eigenvalue weighted by atomic mass is 10.1. The Kier molecular flexibility index (Phi) is 11.1. The number of carbonyl (C=O) groups is 4. The van der Waals surface area contributed by atoms with Crippen LogP contribution < -0.4 is 21.7 Å². The molecule has 5 N–H and O–H groups in total. The number of nitrogens with two attached hydrogens (primary N) is 1. The van der Waals surface area contributed by atoms with Gasteiger partial charge in [-0.05, 0) is 36.5 Å². The standard InChI is InChI=1S/C22H34N4O5/c1-14(2)12-19(27)26-18(6-5-11-24-22(23)30)20(28)25-17-9-7-16(8-10-17)13-31-21(29)15(3)4/h7-10,14-15,18H,5-6,11-13H2,1-4H3,(H,25,28)(H,26,27)(H3,23,24,30)/t18-/m0/s1. The highest BCUT2D eigenvalue weighted by Crippen LogP contribution is 2.13. The molecular weight excluding hydrogens is 400 g/mol. The molecule has 1 aromatic carbocycles. The predicted molar refractivity (Wildman–Crippen MR) is 118 cm³/mol. The van der Waals surface area contributed by atoms with E-state index in [4.69, 9.17) is 10.5 Å². The van der Waals surface area contributed by atoms with Crippen molar-refractivity contribution in [1.29, 1.82) is 0 Å². The molecule has 0 unspecified atom stereocenters. The molecule has 0 aromatic heterocycles. The van der Waals surface area contributed by atoms with Gasteiger partial charge in [-0.1, -0.05) is 39.8 Å². The molecule has 0 heterocycles. The van der Waals surface area contributed by atoms with E-state index in [0.717, 1.165) is 5.56 Å². The van der Waals surface area contributed by atoms with Gasteiger partial charge >= 0.3 is 12.0 Å². The van der Waals surface area contributed by atoms with Crippen LogP contribution in [0.1, 0.15) is 52.5 Å². The molecule has 31 heavy (non-hydrogen) atoms. The van der Waals surface area contributed by atoms with Gasteiger partial charge in [0.15, 0.2) is 0 Å². The number of anilines is 1. The molecule has 1 atom stereocenters. The van der Waals surface area contributed by atoms with Crippen LogP contribution in [0.15, 0.2) is 24.3 Å². The number of rotatable bonds is 12. The second kappa shape index (κ2) is 13.3. The summed E-state index contributed by atoms with van der Waals surface area (Å²) in [6.07, 6.45) is 1.13. The summed E-state index contributed by atoms with van der Waals surface area (Å²) >= 11 is 0. The summed E-state index contributed by atoms with van der Waals surface area (Å²) in [6.45, 7) is 7.84. The lowest BCUT2D eigenvalue weighted by molar-refractivity contribution is -0.148. The summed E-state index contributed by atoms with van der Waals surface area (Å²) in [7, 11) is 0. The lowest BCUT2D eigenvalue weighted by Crippen LogP contribution is -2.44. The first-order chi connectivity index (χ1) is 14.6. The predicted octanol–water partition coefficient (Wildman–Crippen LogP) is 2.30. The van der Waals surface area contributed by atoms with Crippen LogP contribution in [0, 0.1) is 11.8 Å². The Morgan fingerprint density at radius 3 is 2.23 bits per heavy atom. The molecule has 1 rings (SSSR count). The van der Waals surface area contributed by atoms with Crippen LogP contribution in [0.2, 0.25) is 0 Å². The van der Waals surface area contributed by atoms with Crippen molar-refractivity contribution in [1.82, 2.24) is 10.6 Å². The number of amides is 4. The van der Waals surface area contributed by atoms with Gasteiger partial charge in [0.1, 0.15) is 12.6 Å². The maximum absolute atomic E-state index is 12.7. The van der Waals surface area contributed by atoms with Gasteiger partial charge in [0.25, 0.3) is 0 Å². The first-order valence-electron chi connectivity index (χ1n) is 10.5. The summed E-state index contributed by atoms with van der Waals surface area (Å²) in [5.41, 5.74) is 6.40. The largest absolute Gasteiger partial charge is 0.461 e. The molecule has 0 aliphatic heterocycles. The Morgan fingerprint density at radius 1 is 1.03 bits per heavy atom. The molecule has 0 spiro atoms. The number of benzene rings is 1. The van der Waals surface area contributed by atoms with Gasteiger partial charge in [-0.3, -0.25) is 14.4 Å². The zero-order chi connectivity index (χ0) is 23.4. The molecule has 0 aliphatic carbocycles. The summed E-state index contributed by atoms with van der Waals surface area (Å²) in [4.78, 5) is 47.2. The van der Waals surface area contributed by atoms with Crippen LogP contribution in [0.4, 0.5) is 10.5 Å². The molecule has 9 heteroatoms. The van der Waals surface area contributed by atoms with E-state index in [1.165, 1.54) is 0 Å². The number of hydrogen-bond acceptors (Lipinski definition) is 5. The number of hydrogen-bond donors (Lipinski definition) is 4. The third-order valence-corrected chi connectivity index (χ3v) is 4.29. The number of ether oxygens (including phenoxy) is 1. The van der Waals surface area contributed by atoms with Gasteiger partial charge < -0.3 is 26.4 Å². The van der Waals surface area contributed by atoms with Crippen molar-refractivity contribution in [3.63, 3.8) is 0 Å². The molecule has 1 aromatic rings. The van der Waals surface area contributed by atoms with Gasteiger partial charge in [-0.25, -0.2) is 4.79 Å². The van der Waals surface area contributed by atoms with Crippen LogP contribution >= 0.6 is 0 Å². The van der Waals surface area contributed by atoms with E-state index in [0.29, 0.717) is 31.5 Å². The number of carbonyl (C=O) groups excluding carboxylic acids is 4. The molecule has 0 saturated carbocycles. The van der Waals surface area contributed by atoms with Crippen molar-refractivity contribution in [2.24, 2.45) is 17.6 Å². The fourth-order valence-electron chi connectivity index (χ4n) is 2.65. The van der Waals surface area contributed by atoms with Crippen molar-refractivity contribution in [2.75, 3.05) is 11.9 Å². The molecule has 0 radical (unpaired) electrons. The molecular formula is C22H34N4O5. The van der Waals surface area contributed by atoms with E-state index in [9.17, 15) is 19.2 Å². The Labute approximate surface area is 183 Å². The average Bonchev–Trinajstić information content (AvgIpc) is 2.68. The SMILES string of the molecule is CC(C)CC(=O)N[C@@H](CCCNC(N)=O)C(=O)Nc1ccc(COC(=O)C(C)C)cc1. The maximum atomic E-state index is 12.7. The number of primary amides is 1. The molecule has 0 fully saturated rings. The van der Waals surface area contributed by atoms with Crippen LogP contribution in [0.5, 0.6) is 0 Å². The highest BCUT2D eigenvalue weighted by Gasteiger charge is 2.21. The van der Waals surface area contributed by atoms with Gasteiger partial charge in [-0.15, -0.1) is 0 Å². The number of esters is 1. The number of urea groups is 1. The molecule has 0 aliphatic rings. The van der Waals surface area contributed by atoms with Gasteiger partial charge in [-0.2, -0.15) is 0 Å².